The molecule has 0 saturated carbocycles. The molecule has 58 valence electrons. The Morgan fingerprint density at radius 3 is 2.50 bits per heavy atom. The summed E-state index contributed by atoms with van der Waals surface area (Å²) in [6.07, 6.45) is 0. The summed E-state index contributed by atoms with van der Waals surface area (Å²) in [5.41, 5.74) is 2.24. The minimum atomic E-state index is 0. The van der Waals surface area contributed by atoms with E-state index in [9.17, 15) is 0 Å². The number of hydrogen-bond acceptors (Lipinski definition) is 5. The number of hydrazine groups is 1. The molecule has 1 aromatic heterocycles. The molecule has 0 aliphatic heterocycles. The Balaban J connectivity index is 0.000000810. The van der Waals surface area contributed by atoms with Crippen molar-refractivity contribution in [3.63, 3.8) is 0 Å². The van der Waals surface area contributed by atoms with Gasteiger partial charge in [-0.25, -0.2) is 15.6 Å². The maximum absolute atomic E-state index is 5.29. The number of nitrogen functional groups attached to an aromatic ring is 2. The lowest BCUT2D eigenvalue weighted by atomic mass is 11.1. The summed E-state index contributed by atoms with van der Waals surface area (Å²) in [4.78, 5) is 0. The van der Waals surface area contributed by atoms with Crippen LogP contribution in [0.5, 0.6) is 0 Å². The maximum atomic E-state index is 5.29. The first-order chi connectivity index (χ1) is 4.25. The molecule has 0 bridgehead atoms. The Bertz CT molecular complexity index is 250. The molecule has 6 N–H and O–H groups in total. The van der Waals surface area contributed by atoms with Crippen molar-refractivity contribution in [3.8, 4) is 0 Å². The van der Waals surface area contributed by atoms with Crippen molar-refractivity contribution in [2.45, 2.75) is 0 Å². The molecule has 0 atom stereocenters. The van der Waals surface area contributed by atoms with Crippen LogP contribution in [0.4, 0.5) is 5.95 Å². The van der Waals surface area contributed by atoms with Gasteiger partial charge in [0, 0.05) is 0 Å². The summed E-state index contributed by atoms with van der Waals surface area (Å²) in [7, 11) is 0. The standard InChI is InChI=1S/C2H6N6S.ClH/c3-5-1-6-7-2(9)8(1)4;/h3-4H2,(H,5,6)(H,7,9);1H. The maximum Gasteiger partial charge on any atom is 0.256 e. The number of nitrogens with one attached hydrogen (secondary N) is 2. The van der Waals surface area contributed by atoms with Crippen LogP contribution < -0.4 is 17.1 Å². The highest BCUT2D eigenvalue weighted by atomic mass is 35.5. The third-order valence-corrected chi connectivity index (χ3v) is 1.12. The Labute approximate surface area is 67.9 Å². The molecule has 1 heterocycles. The minimum Gasteiger partial charge on any atom is -0.334 e. The van der Waals surface area contributed by atoms with Crippen LogP contribution in [0.1, 0.15) is 0 Å². The zero-order valence-electron chi connectivity index (χ0n) is 4.87. The van der Waals surface area contributed by atoms with Gasteiger partial charge < -0.3 is 5.84 Å². The van der Waals surface area contributed by atoms with E-state index in [1.54, 1.807) is 0 Å². The number of nitrogens with two attached hydrogens (primary N) is 2. The second-order valence-corrected chi connectivity index (χ2v) is 1.75. The molecule has 0 unspecified atom stereocenters. The largest absolute Gasteiger partial charge is 0.334 e. The van der Waals surface area contributed by atoms with Crippen LogP contribution in [0.15, 0.2) is 0 Å². The van der Waals surface area contributed by atoms with E-state index in [0.717, 1.165) is 4.68 Å². The average molecular weight is 183 g/mol. The minimum absolute atomic E-state index is 0. The van der Waals surface area contributed by atoms with Gasteiger partial charge >= 0.3 is 0 Å². The number of halogens is 1. The fraction of sp³-hybridized carbons (Fsp3) is 0. The van der Waals surface area contributed by atoms with E-state index in [1.165, 1.54) is 0 Å². The predicted octanol–water partition coefficient (Wildman–Crippen LogP) is -0.638. The van der Waals surface area contributed by atoms with Crippen molar-refractivity contribution in [2.75, 3.05) is 11.3 Å². The molecule has 0 aliphatic rings. The summed E-state index contributed by atoms with van der Waals surface area (Å²) in [6.45, 7) is 0. The molecule has 10 heavy (non-hydrogen) atoms. The molecule has 0 amide bonds. The molecule has 0 fully saturated rings. The third-order valence-electron chi connectivity index (χ3n) is 0.834. The van der Waals surface area contributed by atoms with Gasteiger partial charge in [0.15, 0.2) is 0 Å². The van der Waals surface area contributed by atoms with Crippen molar-refractivity contribution in [1.82, 2.24) is 14.9 Å². The highest BCUT2D eigenvalue weighted by Gasteiger charge is 1.96. The van der Waals surface area contributed by atoms with Crippen LogP contribution in [0.25, 0.3) is 0 Å². The number of nitrogens with zero attached hydrogens (tertiary/aromatic N) is 2. The molecule has 0 aromatic carbocycles. The lowest BCUT2D eigenvalue weighted by Gasteiger charge is -1.94. The fourth-order valence-electron chi connectivity index (χ4n) is 0.407. The molecule has 6 nitrogen and oxygen atoms in total. The topological polar surface area (TPSA) is 97.7 Å². The molecule has 1 rings (SSSR count). The smallest absolute Gasteiger partial charge is 0.256 e. The first-order valence-corrected chi connectivity index (χ1v) is 2.55. The highest BCUT2D eigenvalue weighted by molar-refractivity contribution is 7.71. The van der Waals surface area contributed by atoms with E-state index in [2.05, 4.69) is 27.8 Å². The number of aromatic amines is 1. The number of rotatable bonds is 1. The van der Waals surface area contributed by atoms with Crippen molar-refractivity contribution < 1.29 is 0 Å². The number of H-pyrrole nitrogens is 1. The highest BCUT2D eigenvalue weighted by Crippen LogP contribution is 1.93. The molecule has 0 spiro atoms. The molecule has 0 aliphatic carbocycles. The molecule has 0 radical (unpaired) electrons. The average Bonchev–Trinajstić information content (AvgIpc) is 2.15. The molecule has 1 aromatic rings. The second kappa shape index (κ2) is 3.40. The number of hydrogen-bond donors (Lipinski definition) is 4. The van der Waals surface area contributed by atoms with Crippen LogP contribution in [-0.2, 0) is 0 Å². The van der Waals surface area contributed by atoms with Crippen molar-refractivity contribution >= 4 is 30.6 Å². The van der Waals surface area contributed by atoms with Gasteiger partial charge in [-0.15, -0.1) is 17.5 Å². The van der Waals surface area contributed by atoms with Gasteiger partial charge in [-0.1, -0.05) is 0 Å². The summed E-state index contributed by atoms with van der Waals surface area (Å²) in [6, 6.07) is 0. The lowest BCUT2D eigenvalue weighted by Crippen LogP contribution is -2.17. The van der Waals surface area contributed by atoms with E-state index in [1.807, 2.05) is 0 Å². The Morgan fingerprint density at radius 1 is 1.70 bits per heavy atom. The van der Waals surface area contributed by atoms with E-state index >= 15 is 0 Å². The van der Waals surface area contributed by atoms with Gasteiger partial charge in [-0.3, -0.25) is 5.43 Å². The van der Waals surface area contributed by atoms with Crippen LogP contribution >= 0.6 is 24.6 Å². The summed E-state index contributed by atoms with van der Waals surface area (Å²) >= 11 is 4.66. The summed E-state index contributed by atoms with van der Waals surface area (Å²) < 4.78 is 1.46. The van der Waals surface area contributed by atoms with Gasteiger partial charge in [-0.2, -0.15) is 0 Å². The molecule has 8 heteroatoms. The van der Waals surface area contributed by atoms with Crippen LogP contribution in [0.3, 0.4) is 0 Å². The van der Waals surface area contributed by atoms with Gasteiger partial charge in [-0.05, 0) is 12.2 Å². The normalized spacial score (nSPS) is 8.50. The lowest BCUT2D eigenvalue weighted by molar-refractivity contribution is 0.970. The first kappa shape index (κ1) is 9.21. The zero-order valence-corrected chi connectivity index (χ0v) is 6.50. The van der Waals surface area contributed by atoms with Crippen molar-refractivity contribution in [1.29, 1.82) is 0 Å². The van der Waals surface area contributed by atoms with Gasteiger partial charge in [0.05, 0.1) is 0 Å². The van der Waals surface area contributed by atoms with Gasteiger partial charge in [0.2, 0.25) is 4.77 Å². The summed E-state index contributed by atoms with van der Waals surface area (Å²) in [5.74, 6) is 10.6. The van der Waals surface area contributed by atoms with E-state index in [4.69, 9.17) is 11.7 Å². The quantitative estimate of drug-likeness (QED) is 0.263. The van der Waals surface area contributed by atoms with Gasteiger partial charge in [0.25, 0.3) is 5.95 Å². The number of anilines is 1. The zero-order chi connectivity index (χ0) is 6.85. The predicted molar refractivity (Wildman–Crippen MR) is 42.6 cm³/mol. The third kappa shape index (κ3) is 1.38. The van der Waals surface area contributed by atoms with Crippen molar-refractivity contribution in [3.05, 3.63) is 4.77 Å². The Hall–Kier alpha value is -0.790. The van der Waals surface area contributed by atoms with E-state index < -0.39 is 0 Å². The van der Waals surface area contributed by atoms with Crippen LogP contribution in [-0.4, -0.2) is 14.9 Å². The van der Waals surface area contributed by atoms with Crippen LogP contribution in [0, 0.1) is 4.77 Å². The molecular weight excluding hydrogens is 176 g/mol. The summed E-state index contributed by atoms with van der Waals surface area (Å²) in [5, 5.41) is 6.05. The van der Waals surface area contributed by atoms with Crippen LogP contribution in [0.2, 0.25) is 0 Å². The monoisotopic (exact) mass is 182 g/mol. The fourth-order valence-corrected chi connectivity index (χ4v) is 0.539. The molecule has 0 saturated heterocycles. The van der Waals surface area contributed by atoms with Gasteiger partial charge in [0.1, 0.15) is 0 Å². The second-order valence-electron chi connectivity index (χ2n) is 1.37. The Kier molecular flexibility index (Phi) is 3.13. The van der Waals surface area contributed by atoms with E-state index in [0.29, 0.717) is 10.7 Å². The van der Waals surface area contributed by atoms with E-state index in [-0.39, 0.29) is 12.4 Å². The molecular formula is C2H7ClN6S. The Morgan fingerprint density at radius 2 is 2.30 bits per heavy atom. The van der Waals surface area contributed by atoms with Crippen molar-refractivity contribution in [2.24, 2.45) is 5.84 Å². The SMILES string of the molecule is Cl.NNc1n[nH]c(=S)n1N. The number of aromatic nitrogens is 3. The first-order valence-electron chi connectivity index (χ1n) is 2.15.